The van der Waals surface area contributed by atoms with Gasteiger partial charge in [0, 0.05) is 19.2 Å². The summed E-state index contributed by atoms with van der Waals surface area (Å²) in [5.41, 5.74) is -5.17. The topological polar surface area (TPSA) is 90.3 Å². The molecule has 2 aromatic carbocycles. The molecule has 0 spiro atoms. The van der Waals surface area contributed by atoms with E-state index < -0.39 is 52.0 Å². The smallest absolute Gasteiger partial charge is 0.324 e. The van der Waals surface area contributed by atoms with Crippen molar-refractivity contribution in [2.75, 3.05) is 11.1 Å². The van der Waals surface area contributed by atoms with Gasteiger partial charge in [-0.25, -0.2) is 0 Å². The highest BCUT2D eigenvalue weighted by Crippen LogP contribution is 2.51. The minimum atomic E-state index is -5.94. The molecule has 13 heteroatoms. The third-order valence-corrected chi connectivity index (χ3v) is 7.33. The van der Waals surface area contributed by atoms with E-state index in [1.165, 1.54) is 11.8 Å². The first-order valence-electron chi connectivity index (χ1n) is 10.5. The largest absolute Gasteiger partial charge is 0.420 e. The first-order valence-corrected chi connectivity index (χ1v) is 11.9. The summed E-state index contributed by atoms with van der Waals surface area (Å²) in [6.45, 7) is 3.05. The molecule has 3 rings (SSSR count). The van der Waals surface area contributed by atoms with Crippen LogP contribution in [0, 0.1) is 11.3 Å². The summed E-state index contributed by atoms with van der Waals surface area (Å²) in [7, 11) is -1.65. The Balaban J connectivity index is 1.93. The fourth-order valence-electron chi connectivity index (χ4n) is 4.05. The van der Waals surface area contributed by atoms with Gasteiger partial charge in [-0.2, -0.15) is 31.6 Å². The van der Waals surface area contributed by atoms with Crippen molar-refractivity contribution >= 4 is 28.3 Å². The molecule has 0 bridgehead atoms. The zero-order valence-corrected chi connectivity index (χ0v) is 19.8. The van der Waals surface area contributed by atoms with Gasteiger partial charge < -0.3 is 10.2 Å². The van der Waals surface area contributed by atoms with Crippen LogP contribution in [0.1, 0.15) is 36.6 Å². The maximum Gasteiger partial charge on any atom is 0.420 e. The third kappa shape index (κ3) is 4.57. The van der Waals surface area contributed by atoms with Gasteiger partial charge in [-0.05, 0) is 47.9 Å². The van der Waals surface area contributed by atoms with Crippen LogP contribution in [0.15, 0.2) is 47.4 Å². The zero-order chi connectivity index (χ0) is 27.1. The quantitative estimate of drug-likeness (QED) is 0.344. The first-order chi connectivity index (χ1) is 16.7. The van der Waals surface area contributed by atoms with Crippen molar-refractivity contribution in [3.05, 3.63) is 59.2 Å². The number of carbonyl (C=O) groups excluding carboxylic acids is 2. The van der Waals surface area contributed by atoms with E-state index in [9.17, 15) is 40.1 Å². The number of thiol groups is 1. The molecule has 6 nitrogen and oxygen atoms in total. The number of hydrogen-bond acceptors (Lipinski definition) is 4. The van der Waals surface area contributed by atoms with Crippen molar-refractivity contribution in [3.8, 4) is 6.07 Å². The highest BCUT2D eigenvalue weighted by molar-refractivity contribution is 7.84. The van der Waals surface area contributed by atoms with Crippen LogP contribution < -0.4 is 5.32 Å². The van der Waals surface area contributed by atoms with E-state index in [0.29, 0.717) is 40.0 Å². The Bertz CT molecular complexity index is 1240. The number of carbonyl (C=O) groups is 2. The summed E-state index contributed by atoms with van der Waals surface area (Å²) in [6, 6.07) is 6.61. The van der Waals surface area contributed by atoms with E-state index in [-0.39, 0.29) is 12.2 Å². The first kappa shape index (κ1) is 27.2. The van der Waals surface area contributed by atoms with Crippen molar-refractivity contribution < 1.29 is 40.1 Å². The van der Waals surface area contributed by atoms with E-state index in [1.54, 1.807) is 25.1 Å². The van der Waals surface area contributed by atoms with Crippen molar-refractivity contribution in [1.29, 1.82) is 5.26 Å². The minimum absolute atomic E-state index is 0.0598. The number of fused-ring (bicyclic) bond motifs is 1. The molecule has 1 aliphatic rings. The molecule has 0 aromatic heterocycles. The lowest BCUT2D eigenvalue weighted by molar-refractivity contribution is -0.283. The van der Waals surface area contributed by atoms with Gasteiger partial charge in [-0.1, -0.05) is 18.2 Å². The minimum Gasteiger partial charge on any atom is -0.324 e. The van der Waals surface area contributed by atoms with E-state index in [4.69, 9.17) is 5.26 Å². The Morgan fingerprint density at radius 1 is 1.08 bits per heavy atom. The molecule has 0 saturated carbocycles. The standard InChI is InChI=1S/C23H19F6N3O3S/c1-3-36(35)17-8-9-18-14(10-17)11-32(13(2)33)19(18)20(34)31-16-6-4-15(5-7-16)21(12-30,22(24,25)26)23(27,28)29/h4-10,19H,3,11H2,1-2H3,(H,31,34)/p+1. The predicted octanol–water partition coefficient (Wildman–Crippen LogP) is 4.69. The van der Waals surface area contributed by atoms with Gasteiger partial charge in [0.1, 0.15) is 22.6 Å². The summed E-state index contributed by atoms with van der Waals surface area (Å²) in [4.78, 5) is 27.0. The maximum absolute atomic E-state index is 13.4. The predicted molar refractivity (Wildman–Crippen MR) is 118 cm³/mol. The highest BCUT2D eigenvalue weighted by atomic mass is 32.2. The molecule has 192 valence electrons. The van der Waals surface area contributed by atoms with Gasteiger partial charge in [0.05, 0.1) is 6.07 Å². The van der Waals surface area contributed by atoms with Gasteiger partial charge in [0.25, 0.3) is 11.3 Å². The summed E-state index contributed by atoms with van der Waals surface area (Å²) >= 11 is 0. The number of amides is 2. The molecule has 0 radical (unpaired) electrons. The van der Waals surface area contributed by atoms with Crippen LogP contribution in [0.4, 0.5) is 32.0 Å². The van der Waals surface area contributed by atoms with Gasteiger partial charge in [0.2, 0.25) is 5.91 Å². The van der Waals surface area contributed by atoms with Crippen molar-refractivity contribution in [2.24, 2.45) is 0 Å². The molecule has 2 amide bonds. The lowest BCUT2D eigenvalue weighted by atomic mass is 9.80. The number of anilines is 1. The molecular weight excluding hydrogens is 512 g/mol. The lowest BCUT2D eigenvalue weighted by Gasteiger charge is -2.31. The molecule has 1 heterocycles. The molecule has 1 N–H and O–H groups in total. The number of rotatable bonds is 5. The summed E-state index contributed by atoms with van der Waals surface area (Å²) in [6.07, 6.45) is -11.9. The summed E-state index contributed by atoms with van der Waals surface area (Å²) in [5.74, 6) is -0.792. The van der Waals surface area contributed by atoms with Gasteiger partial charge in [-0.3, -0.25) is 9.59 Å². The Hall–Kier alpha value is -3.40. The van der Waals surface area contributed by atoms with Crippen LogP contribution in [0.5, 0.6) is 0 Å². The fourth-order valence-corrected chi connectivity index (χ4v) is 4.95. The highest BCUT2D eigenvalue weighted by Gasteiger charge is 2.72. The number of nitriles is 1. The average Bonchev–Trinajstić information content (AvgIpc) is 3.18. The molecule has 2 unspecified atom stereocenters. The lowest BCUT2D eigenvalue weighted by Crippen LogP contribution is -2.52. The Morgan fingerprint density at radius 2 is 1.67 bits per heavy atom. The molecular formula is C23H20F6N3O3S+. The molecule has 0 aliphatic carbocycles. The van der Waals surface area contributed by atoms with E-state index in [0.717, 1.165) is 12.1 Å². The average molecular weight is 532 g/mol. The SMILES string of the molecule is CC[SH+](=O)c1ccc2c(c1)CN(C(C)=O)C2C(=O)Nc1ccc(C(C#N)(C(F)(F)F)C(F)(F)F)cc1. The zero-order valence-electron chi connectivity index (χ0n) is 18.9. The van der Waals surface area contributed by atoms with Gasteiger partial charge >= 0.3 is 12.4 Å². The maximum atomic E-state index is 13.4. The van der Waals surface area contributed by atoms with Crippen molar-refractivity contribution in [1.82, 2.24) is 4.90 Å². The molecule has 0 saturated heterocycles. The number of hydrogen-bond donors (Lipinski definition) is 1. The molecule has 1 aliphatic heterocycles. The normalized spacial score (nSPS) is 16.8. The third-order valence-electron chi connectivity index (χ3n) is 5.91. The number of alkyl halides is 6. The van der Waals surface area contributed by atoms with Crippen molar-refractivity contribution in [2.45, 2.75) is 49.1 Å². The summed E-state index contributed by atoms with van der Waals surface area (Å²) < 4.78 is 92.3. The van der Waals surface area contributed by atoms with Crippen LogP contribution in [0.3, 0.4) is 0 Å². The van der Waals surface area contributed by atoms with Crippen LogP contribution in [-0.4, -0.2) is 34.8 Å². The second kappa shape index (κ2) is 9.57. The Labute approximate surface area is 204 Å². The number of benzene rings is 2. The van der Waals surface area contributed by atoms with Crippen LogP contribution >= 0.6 is 0 Å². The van der Waals surface area contributed by atoms with Gasteiger partial charge in [-0.15, -0.1) is 4.21 Å². The van der Waals surface area contributed by atoms with Crippen LogP contribution in [0.25, 0.3) is 0 Å². The van der Waals surface area contributed by atoms with E-state index in [2.05, 4.69) is 5.32 Å². The fraction of sp³-hybridized carbons (Fsp3) is 0.348. The second-order valence-corrected chi connectivity index (χ2v) is 9.96. The van der Waals surface area contributed by atoms with Crippen LogP contribution in [-0.2, 0) is 36.6 Å². The Kier molecular flexibility index (Phi) is 7.23. The molecule has 2 aromatic rings. The summed E-state index contributed by atoms with van der Waals surface area (Å²) in [5, 5.41) is 11.3. The van der Waals surface area contributed by atoms with E-state index in [1.807, 2.05) is 0 Å². The van der Waals surface area contributed by atoms with Crippen molar-refractivity contribution in [3.63, 3.8) is 0 Å². The van der Waals surface area contributed by atoms with Gasteiger partial charge in [0.15, 0.2) is 4.90 Å². The monoisotopic (exact) mass is 532 g/mol. The van der Waals surface area contributed by atoms with E-state index >= 15 is 0 Å². The number of nitrogens with one attached hydrogen (secondary N) is 1. The molecule has 0 fully saturated rings. The Morgan fingerprint density at radius 3 is 2.14 bits per heavy atom. The second-order valence-electron chi connectivity index (χ2n) is 8.05. The molecule has 2 atom stereocenters. The number of halogens is 6. The molecule has 36 heavy (non-hydrogen) atoms. The number of nitrogens with zero attached hydrogens (tertiary/aromatic N) is 2. The van der Waals surface area contributed by atoms with Crippen LogP contribution in [0.2, 0.25) is 0 Å².